The lowest BCUT2D eigenvalue weighted by Crippen LogP contribution is -2.42. The van der Waals surface area contributed by atoms with Crippen LogP contribution in [0.1, 0.15) is 22.4 Å². The van der Waals surface area contributed by atoms with Crippen LogP contribution in [0.4, 0.5) is 0 Å². The minimum absolute atomic E-state index is 0.0758. The largest absolute Gasteiger partial charge is 0.340 e. The Bertz CT molecular complexity index is 871. The number of rotatable bonds is 7. The molecule has 5 nitrogen and oxygen atoms in total. The van der Waals surface area contributed by atoms with Crippen molar-refractivity contribution in [3.63, 3.8) is 0 Å². The lowest BCUT2D eigenvalue weighted by atomic mass is 10.1. The Kier molecular flexibility index (Phi) is 6.04. The summed E-state index contributed by atoms with van der Waals surface area (Å²) in [6.45, 7) is 3.35. The summed E-state index contributed by atoms with van der Waals surface area (Å²) in [5.74, 6) is -0.0758. The fourth-order valence-electron chi connectivity index (χ4n) is 3.03. The van der Waals surface area contributed by atoms with Crippen molar-refractivity contribution in [3.8, 4) is 0 Å². The number of hydrogen-bond donors (Lipinski definition) is 1. The van der Waals surface area contributed by atoms with Crippen LogP contribution in [-0.4, -0.2) is 33.4 Å². The van der Waals surface area contributed by atoms with E-state index < -0.39 is 6.04 Å². The number of carbonyl (C=O) groups excluding carboxylic acids is 1. The summed E-state index contributed by atoms with van der Waals surface area (Å²) >= 11 is 0. The summed E-state index contributed by atoms with van der Waals surface area (Å²) in [6.07, 6.45) is 4.18. The van der Waals surface area contributed by atoms with E-state index in [1.165, 1.54) is 11.1 Å². The predicted octanol–water partition coefficient (Wildman–Crippen LogP) is 2.77. The van der Waals surface area contributed by atoms with Gasteiger partial charge in [-0.05, 0) is 18.1 Å². The topological polar surface area (TPSA) is 64.2 Å². The molecule has 1 amide bonds. The molecule has 5 heteroatoms. The van der Waals surface area contributed by atoms with Gasteiger partial charge in [0.05, 0.1) is 18.1 Å². The molecule has 2 aromatic carbocycles. The van der Waals surface area contributed by atoms with Gasteiger partial charge in [-0.1, -0.05) is 60.2 Å². The Hall–Kier alpha value is -2.92. The summed E-state index contributed by atoms with van der Waals surface area (Å²) in [7, 11) is 1.79. The third-order valence-corrected chi connectivity index (χ3v) is 4.56. The highest BCUT2D eigenvalue weighted by atomic mass is 16.2. The highest BCUT2D eigenvalue weighted by molar-refractivity contribution is 5.81. The first kappa shape index (κ1) is 18.9. The van der Waals surface area contributed by atoms with Gasteiger partial charge in [-0.25, -0.2) is 4.98 Å². The zero-order valence-electron chi connectivity index (χ0n) is 15.9. The van der Waals surface area contributed by atoms with Crippen molar-refractivity contribution in [2.75, 3.05) is 7.05 Å². The first-order valence-corrected chi connectivity index (χ1v) is 9.12. The molecular formula is C22H26N4O. The van der Waals surface area contributed by atoms with Crippen LogP contribution in [0.3, 0.4) is 0 Å². The fourth-order valence-corrected chi connectivity index (χ4v) is 3.03. The van der Waals surface area contributed by atoms with E-state index in [2.05, 4.69) is 17.1 Å². The Morgan fingerprint density at radius 1 is 1.11 bits per heavy atom. The molecule has 0 unspecified atom stereocenters. The Morgan fingerprint density at radius 2 is 1.81 bits per heavy atom. The van der Waals surface area contributed by atoms with Gasteiger partial charge in [-0.3, -0.25) is 4.79 Å². The van der Waals surface area contributed by atoms with Crippen LogP contribution in [-0.2, 0) is 24.3 Å². The molecule has 0 spiro atoms. The summed E-state index contributed by atoms with van der Waals surface area (Å²) in [4.78, 5) is 18.7. The van der Waals surface area contributed by atoms with E-state index >= 15 is 0 Å². The minimum Gasteiger partial charge on any atom is -0.340 e. The van der Waals surface area contributed by atoms with Gasteiger partial charge < -0.3 is 15.2 Å². The smallest absolute Gasteiger partial charge is 0.239 e. The second-order valence-corrected chi connectivity index (χ2v) is 7.01. The van der Waals surface area contributed by atoms with Crippen LogP contribution in [0.15, 0.2) is 67.1 Å². The number of amides is 1. The fraction of sp³-hybridized carbons (Fsp3) is 0.273. The van der Waals surface area contributed by atoms with Gasteiger partial charge in [0.1, 0.15) is 0 Å². The van der Waals surface area contributed by atoms with E-state index in [1.54, 1.807) is 18.3 Å². The van der Waals surface area contributed by atoms with Crippen molar-refractivity contribution in [3.05, 3.63) is 89.5 Å². The van der Waals surface area contributed by atoms with E-state index in [-0.39, 0.29) is 5.91 Å². The quantitative estimate of drug-likeness (QED) is 0.703. The van der Waals surface area contributed by atoms with Gasteiger partial charge in [-0.2, -0.15) is 0 Å². The monoisotopic (exact) mass is 362 g/mol. The molecule has 0 fully saturated rings. The van der Waals surface area contributed by atoms with Crippen LogP contribution >= 0.6 is 0 Å². The molecule has 1 heterocycles. The van der Waals surface area contributed by atoms with E-state index in [0.717, 1.165) is 17.8 Å². The Balaban J connectivity index is 1.55. The Labute approximate surface area is 160 Å². The number of aromatic nitrogens is 2. The predicted molar refractivity (Wildman–Crippen MR) is 107 cm³/mol. The van der Waals surface area contributed by atoms with Crippen LogP contribution in [0.5, 0.6) is 0 Å². The average molecular weight is 362 g/mol. The second kappa shape index (κ2) is 8.64. The lowest BCUT2D eigenvalue weighted by molar-refractivity contribution is -0.131. The third-order valence-electron chi connectivity index (χ3n) is 4.56. The van der Waals surface area contributed by atoms with Crippen LogP contribution in [0.25, 0.3) is 0 Å². The van der Waals surface area contributed by atoms with Gasteiger partial charge >= 0.3 is 0 Å². The number of hydrogen-bond acceptors (Lipinski definition) is 3. The molecule has 2 N–H and O–H groups in total. The van der Waals surface area contributed by atoms with E-state index in [1.807, 2.05) is 60.2 Å². The summed E-state index contributed by atoms with van der Waals surface area (Å²) in [6, 6.07) is 17.8. The van der Waals surface area contributed by atoms with Crippen molar-refractivity contribution >= 4 is 5.91 Å². The molecule has 0 saturated heterocycles. The summed E-state index contributed by atoms with van der Waals surface area (Å²) in [5.41, 5.74) is 10.5. The minimum atomic E-state index is -0.597. The molecule has 0 saturated carbocycles. The number of likely N-dealkylation sites (N-methyl/N-ethyl adjacent to an activating group) is 1. The van der Waals surface area contributed by atoms with E-state index in [9.17, 15) is 4.79 Å². The van der Waals surface area contributed by atoms with Crippen molar-refractivity contribution in [2.24, 2.45) is 5.73 Å². The average Bonchev–Trinajstić information content (AvgIpc) is 3.10. The SMILES string of the molecule is Cc1ccc(CN(C)C(=O)[C@@H](N)Cc2cn(Cc3ccccc3)cn2)cc1. The summed E-state index contributed by atoms with van der Waals surface area (Å²) in [5, 5.41) is 0. The maximum absolute atomic E-state index is 12.6. The maximum atomic E-state index is 12.6. The number of nitrogens with two attached hydrogens (primary N) is 1. The lowest BCUT2D eigenvalue weighted by Gasteiger charge is -2.21. The number of carbonyl (C=O) groups is 1. The molecule has 1 atom stereocenters. The van der Waals surface area contributed by atoms with E-state index in [0.29, 0.717) is 13.0 Å². The third kappa shape index (κ3) is 5.28. The van der Waals surface area contributed by atoms with Crippen molar-refractivity contribution < 1.29 is 4.79 Å². The molecule has 0 aliphatic rings. The van der Waals surface area contributed by atoms with Crippen molar-refractivity contribution in [1.29, 1.82) is 0 Å². The van der Waals surface area contributed by atoms with Gasteiger partial charge in [0.2, 0.25) is 5.91 Å². The molecule has 0 radical (unpaired) electrons. The maximum Gasteiger partial charge on any atom is 0.239 e. The highest BCUT2D eigenvalue weighted by Crippen LogP contribution is 2.09. The highest BCUT2D eigenvalue weighted by Gasteiger charge is 2.19. The normalized spacial score (nSPS) is 12.0. The molecule has 3 rings (SSSR count). The van der Waals surface area contributed by atoms with Crippen molar-refractivity contribution in [2.45, 2.75) is 32.5 Å². The second-order valence-electron chi connectivity index (χ2n) is 7.01. The Morgan fingerprint density at radius 3 is 2.52 bits per heavy atom. The molecule has 3 aromatic rings. The standard InChI is InChI=1S/C22H26N4O/c1-17-8-10-19(11-9-17)13-25(2)22(27)21(23)12-20-15-26(16-24-20)14-18-6-4-3-5-7-18/h3-11,15-16,21H,12-14,23H2,1-2H3/t21-/m0/s1. The zero-order chi connectivity index (χ0) is 19.2. The van der Waals surface area contributed by atoms with Crippen LogP contribution in [0, 0.1) is 6.92 Å². The number of aryl methyl sites for hydroxylation is 1. The molecule has 1 aromatic heterocycles. The number of benzene rings is 2. The number of imidazole rings is 1. The van der Waals surface area contributed by atoms with Gasteiger partial charge in [0.15, 0.2) is 0 Å². The zero-order valence-corrected chi connectivity index (χ0v) is 15.9. The van der Waals surface area contributed by atoms with Crippen LogP contribution < -0.4 is 5.73 Å². The molecular weight excluding hydrogens is 336 g/mol. The van der Waals surface area contributed by atoms with E-state index in [4.69, 9.17) is 5.73 Å². The molecule has 0 aliphatic heterocycles. The molecule has 140 valence electrons. The van der Waals surface area contributed by atoms with Crippen LogP contribution in [0.2, 0.25) is 0 Å². The molecule has 0 aliphatic carbocycles. The van der Waals surface area contributed by atoms with Crippen molar-refractivity contribution in [1.82, 2.24) is 14.5 Å². The first-order chi connectivity index (χ1) is 13.0. The van der Waals surface area contributed by atoms with Gasteiger partial charge in [0, 0.05) is 32.8 Å². The van der Waals surface area contributed by atoms with Gasteiger partial charge in [0.25, 0.3) is 0 Å². The molecule has 27 heavy (non-hydrogen) atoms. The molecule has 0 bridgehead atoms. The number of nitrogens with zero attached hydrogens (tertiary/aromatic N) is 3. The van der Waals surface area contributed by atoms with Gasteiger partial charge in [-0.15, -0.1) is 0 Å². The first-order valence-electron chi connectivity index (χ1n) is 9.12. The summed E-state index contributed by atoms with van der Waals surface area (Å²) < 4.78 is 2.01.